The van der Waals surface area contributed by atoms with E-state index in [2.05, 4.69) is 30.3 Å². The molecule has 1 atom stereocenters. The summed E-state index contributed by atoms with van der Waals surface area (Å²) in [5, 5.41) is 6.21. The van der Waals surface area contributed by atoms with Crippen LogP contribution in [-0.4, -0.2) is 11.1 Å². The first-order chi connectivity index (χ1) is 10.2. The Morgan fingerprint density at radius 1 is 1.14 bits per heavy atom. The van der Waals surface area contributed by atoms with Gasteiger partial charge in [0.1, 0.15) is 6.61 Å². The highest BCUT2D eigenvalue weighted by Crippen LogP contribution is 2.36. The Hall–Kier alpha value is -2.00. The highest BCUT2D eigenvalue weighted by Gasteiger charge is 2.38. The first kappa shape index (κ1) is 14.0. The Labute approximate surface area is 130 Å². The van der Waals surface area contributed by atoms with Gasteiger partial charge in [0.25, 0.3) is 0 Å². The Morgan fingerprint density at radius 2 is 1.86 bits per heavy atom. The fourth-order valence-corrected chi connectivity index (χ4v) is 2.88. The minimum absolute atomic E-state index is 0.226. The van der Waals surface area contributed by atoms with E-state index in [1.54, 1.807) is 5.37 Å². The van der Waals surface area contributed by atoms with Gasteiger partial charge in [-0.25, -0.2) is 0 Å². The molecule has 0 spiro atoms. The molecule has 0 heterocycles. The summed E-state index contributed by atoms with van der Waals surface area (Å²) in [5.41, 5.74) is 4.24. The molecule has 3 rings (SSSR count). The Balaban J connectivity index is 1.84. The van der Waals surface area contributed by atoms with Gasteiger partial charge in [-0.3, -0.25) is 0 Å². The molecule has 3 heteroatoms. The molecule has 0 aromatic heterocycles. The lowest BCUT2D eigenvalue weighted by atomic mass is 9.88. The van der Waals surface area contributed by atoms with Crippen molar-refractivity contribution in [3.63, 3.8) is 0 Å². The molecule has 106 valence electrons. The van der Waals surface area contributed by atoms with Gasteiger partial charge in [0.2, 0.25) is 0 Å². The number of fused-ring (bicyclic) bond motifs is 1. The van der Waals surface area contributed by atoms with Gasteiger partial charge in [-0.05, 0) is 29.8 Å². The van der Waals surface area contributed by atoms with Gasteiger partial charge in [0.05, 0.1) is 5.71 Å². The van der Waals surface area contributed by atoms with Crippen LogP contribution in [0, 0.1) is 5.41 Å². The monoisotopic (exact) mass is 295 g/mol. The van der Waals surface area contributed by atoms with Crippen molar-refractivity contribution in [3.05, 3.63) is 71.3 Å². The lowest BCUT2D eigenvalue weighted by Crippen LogP contribution is -2.26. The number of nitrogens with zero attached hydrogens (tertiary/aromatic N) is 1. The van der Waals surface area contributed by atoms with Gasteiger partial charge in [-0.2, -0.15) is 0 Å². The molecule has 21 heavy (non-hydrogen) atoms. The van der Waals surface area contributed by atoms with E-state index in [0.717, 1.165) is 23.3 Å². The third kappa shape index (κ3) is 2.74. The summed E-state index contributed by atoms with van der Waals surface area (Å²) in [5.74, 6) is 0. The summed E-state index contributed by atoms with van der Waals surface area (Å²) in [4.78, 5) is 5.58. The van der Waals surface area contributed by atoms with Gasteiger partial charge >= 0.3 is 0 Å². The van der Waals surface area contributed by atoms with Gasteiger partial charge < -0.3 is 4.84 Å². The summed E-state index contributed by atoms with van der Waals surface area (Å²) >= 11 is 5.23. The number of benzene rings is 2. The third-order valence-electron chi connectivity index (χ3n) is 3.86. The van der Waals surface area contributed by atoms with Crippen molar-refractivity contribution in [1.82, 2.24) is 0 Å². The summed E-state index contributed by atoms with van der Waals surface area (Å²) < 4.78 is 0. The molecular weight excluding hydrogens is 278 g/mol. The van der Waals surface area contributed by atoms with Crippen molar-refractivity contribution in [2.45, 2.75) is 20.0 Å². The molecule has 2 aromatic carbocycles. The van der Waals surface area contributed by atoms with Crippen LogP contribution in [0.2, 0.25) is 0 Å². The number of oxime groups is 1. The molecule has 0 saturated carbocycles. The Morgan fingerprint density at radius 3 is 2.62 bits per heavy atom. The van der Waals surface area contributed by atoms with Crippen molar-refractivity contribution in [2.75, 3.05) is 0 Å². The van der Waals surface area contributed by atoms with Crippen LogP contribution in [0.1, 0.15) is 23.6 Å². The summed E-state index contributed by atoms with van der Waals surface area (Å²) in [7, 11) is 0. The molecule has 0 saturated heterocycles. The summed E-state index contributed by atoms with van der Waals surface area (Å²) in [6, 6.07) is 18.3. The van der Waals surface area contributed by atoms with Crippen molar-refractivity contribution < 1.29 is 4.84 Å². The molecule has 0 amide bonds. The maximum absolute atomic E-state index is 5.58. The molecule has 0 radical (unpaired) electrons. The highest BCUT2D eigenvalue weighted by molar-refractivity contribution is 7.79. The normalized spacial score (nSPS) is 22.0. The molecule has 0 bridgehead atoms. The maximum Gasteiger partial charge on any atom is 0.142 e. The summed E-state index contributed by atoms with van der Waals surface area (Å²) in [6.07, 6.45) is 0.889. The van der Waals surface area contributed by atoms with E-state index in [4.69, 9.17) is 17.1 Å². The number of hydrogen-bond donors (Lipinski definition) is 0. The summed E-state index contributed by atoms with van der Waals surface area (Å²) in [6.45, 7) is 2.59. The molecule has 0 N–H and O–H groups in total. The van der Waals surface area contributed by atoms with Crippen LogP contribution in [-0.2, 0) is 17.9 Å². The molecule has 2 nitrogen and oxygen atoms in total. The lowest BCUT2D eigenvalue weighted by molar-refractivity contribution is 0.129. The molecule has 1 unspecified atom stereocenters. The van der Waals surface area contributed by atoms with E-state index in [-0.39, 0.29) is 5.41 Å². The molecule has 1 aliphatic carbocycles. The minimum atomic E-state index is -0.226. The van der Waals surface area contributed by atoms with E-state index in [1.165, 1.54) is 5.56 Å². The smallest absolute Gasteiger partial charge is 0.142 e. The van der Waals surface area contributed by atoms with Crippen LogP contribution in [0.5, 0.6) is 0 Å². The van der Waals surface area contributed by atoms with E-state index < -0.39 is 0 Å². The number of rotatable bonds is 4. The van der Waals surface area contributed by atoms with Crippen LogP contribution < -0.4 is 0 Å². The fourth-order valence-electron chi connectivity index (χ4n) is 2.69. The Bertz CT molecular complexity index is 681. The topological polar surface area (TPSA) is 21.6 Å². The van der Waals surface area contributed by atoms with Crippen molar-refractivity contribution in [2.24, 2.45) is 10.6 Å². The second kappa shape index (κ2) is 5.78. The third-order valence-corrected chi connectivity index (χ3v) is 4.38. The molecular formula is C18H17NOS. The predicted molar refractivity (Wildman–Crippen MR) is 89.7 cm³/mol. The van der Waals surface area contributed by atoms with Gasteiger partial charge in [-0.15, -0.1) is 0 Å². The van der Waals surface area contributed by atoms with Gasteiger partial charge in [-0.1, -0.05) is 72.0 Å². The van der Waals surface area contributed by atoms with Crippen LogP contribution >= 0.6 is 12.2 Å². The zero-order valence-electron chi connectivity index (χ0n) is 12.0. The standard InChI is InChI=1S/C18H17NOS/c1-18(13-21)11-15-9-5-6-10-16(15)17(18)19-20-12-14-7-3-2-4-8-14/h2-10,13H,11-12H2,1H3. The minimum Gasteiger partial charge on any atom is -0.391 e. The molecule has 2 aromatic rings. The average molecular weight is 295 g/mol. The predicted octanol–water partition coefficient (Wildman–Crippen LogP) is 4.17. The van der Waals surface area contributed by atoms with Crippen molar-refractivity contribution >= 4 is 23.3 Å². The second-order valence-electron chi connectivity index (χ2n) is 5.57. The van der Waals surface area contributed by atoms with Crippen molar-refractivity contribution in [3.8, 4) is 0 Å². The quantitative estimate of drug-likeness (QED) is 0.623. The fraction of sp³-hybridized carbons (Fsp3) is 0.222. The molecule has 1 aliphatic rings. The van der Waals surface area contributed by atoms with E-state index in [1.807, 2.05) is 36.4 Å². The largest absolute Gasteiger partial charge is 0.391 e. The van der Waals surface area contributed by atoms with Crippen LogP contribution in [0.4, 0.5) is 0 Å². The molecule has 0 fully saturated rings. The SMILES string of the molecule is CC1(C=S)Cc2ccccc2C1=NOCc1ccccc1. The Kier molecular flexibility index (Phi) is 3.84. The van der Waals surface area contributed by atoms with E-state index in [9.17, 15) is 0 Å². The zero-order chi connectivity index (χ0) is 14.7. The number of hydrogen-bond acceptors (Lipinski definition) is 3. The van der Waals surface area contributed by atoms with Crippen LogP contribution in [0.25, 0.3) is 0 Å². The highest BCUT2D eigenvalue weighted by atomic mass is 32.1. The van der Waals surface area contributed by atoms with Gasteiger partial charge in [0, 0.05) is 11.0 Å². The van der Waals surface area contributed by atoms with E-state index in [0.29, 0.717) is 6.61 Å². The first-order valence-electron chi connectivity index (χ1n) is 7.02. The first-order valence-corrected chi connectivity index (χ1v) is 7.49. The maximum atomic E-state index is 5.58. The average Bonchev–Trinajstić information content (AvgIpc) is 2.81. The second-order valence-corrected chi connectivity index (χ2v) is 5.80. The molecule has 0 aliphatic heterocycles. The number of thiocarbonyl (C=S) groups is 1. The zero-order valence-corrected chi connectivity index (χ0v) is 12.8. The van der Waals surface area contributed by atoms with Crippen LogP contribution in [0.15, 0.2) is 59.8 Å². The van der Waals surface area contributed by atoms with Crippen molar-refractivity contribution in [1.29, 1.82) is 0 Å². The van der Waals surface area contributed by atoms with Crippen LogP contribution in [0.3, 0.4) is 0 Å². The van der Waals surface area contributed by atoms with E-state index >= 15 is 0 Å². The van der Waals surface area contributed by atoms with Gasteiger partial charge in [0.15, 0.2) is 0 Å². The lowest BCUT2D eigenvalue weighted by Gasteiger charge is -2.18.